The smallest absolute Gasteiger partial charge is 0.245 e. The zero-order chi connectivity index (χ0) is 15.3. The van der Waals surface area contributed by atoms with Gasteiger partial charge >= 0.3 is 0 Å². The van der Waals surface area contributed by atoms with Crippen LogP contribution in [0.15, 0.2) is 29.2 Å². The number of nitrogen functional groups attached to an aromatic ring is 1. The fourth-order valence-corrected chi connectivity index (χ4v) is 3.59. The van der Waals surface area contributed by atoms with Gasteiger partial charge in [-0.05, 0) is 32.1 Å². The number of hydrogen-bond acceptors (Lipinski definition) is 4. The molecule has 0 saturated carbocycles. The third-order valence-electron chi connectivity index (χ3n) is 2.90. The summed E-state index contributed by atoms with van der Waals surface area (Å²) in [5.74, 6) is 0.261. The normalized spacial score (nSPS) is 12.6. The number of benzene rings is 1. The van der Waals surface area contributed by atoms with Gasteiger partial charge in [-0.3, -0.25) is 0 Å². The number of anilines is 1. The monoisotopic (exact) mass is 299 g/mol. The number of hydrogen-bond donors (Lipinski definition) is 1. The summed E-state index contributed by atoms with van der Waals surface area (Å²) in [4.78, 5) is 2.16. The number of para-hydroxylation sites is 1. The summed E-state index contributed by atoms with van der Waals surface area (Å²) < 4.78 is 27.0. The van der Waals surface area contributed by atoms with Crippen LogP contribution in [0, 0.1) is 5.92 Å². The Labute approximate surface area is 122 Å². The van der Waals surface area contributed by atoms with E-state index in [1.165, 1.54) is 4.31 Å². The van der Waals surface area contributed by atoms with Crippen LogP contribution in [-0.2, 0) is 10.0 Å². The molecule has 0 atom stereocenters. The Morgan fingerprint density at radius 1 is 1.15 bits per heavy atom. The van der Waals surface area contributed by atoms with Crippen molar-refractivity contribution in [2.24, 2.45) is 5.92 Å². The molecule has 114 valence electrons. The van der Waals surface area contributed by atoms with Crippen LogP contribution in [0.4, 0.5) is 5.69 Å². The van der Waals surface area contributed by atoms with E-state index >= 15 is 0 Å². The lowest BCUT2D eigenvalue weighted by Crippen LogP contribution is -2.39. The molecule has 1 aromatic carbocycles. The fraction of sp³-hybridized carbons (Fsp3) is 0.571. The minimum atomic E-state index is -3.54. The van der Waals surface area contributed by atoms with Gasteiger partial charge in [0.05, 0.1) is 5.69 Å². The Hall–Kier alpha value is -1.11. The summed E-state index contributed by atoms with van der Waals surface area (Å²) in [5, 5.41) is 0. The predicted octanol–water partition coefficient (Wildman–Crippen LogP) is 1.48. The second-order valence-electron chi connectivity index (χ2n) is 5.60. The van der Waals surface area contributed by atoms with E-state index in [2.05, 4.69) is 0 Å². The Morgan fingerprint density at radius 3 is 2.25 bits per heavy atom. The average molecular weight is 299 g/mol. The van der Waals surface area contributed by atoms with Crippen LogP contribution in [0.25, 0.3) is 0 Å². The third kappa shape index (κ3) is 4.47. The maximum atomic E-state index is 12.7. The number of nitrogens with two attached hydrogens (primary N) is 1. The van der Waals surface area contributed by atoms with E-state index in [1.54, 1.807) is 24.3 Å². The number of likely N-dealkylation sites (N-methyl/N-ethyl adjacent to an activating group) is 1. The van der Waals surface area contributed by atoms with Crippen LogP contribution in [0.5, 0.6) is 0 Å². The molecule has 0 spiro atoms. The first-order valence-corrected chi connectivity index (χ1v) is 8.18. The zero-order valence-corrected chi connectivity index (χ0v) is 13.5. The minimum Gasteiger partial charge on any atom is -0.398 e. The molecule has 0 fully saturated rings. The highest BCUT2D eigenvalue weighted by molar-refractivity contribution is 7.89. The Balaban J connectivity index is 3.07. The molecule has 0 aliphatic rings. The maximum Gasteiger partial charge on any atom is 0.245 e. The molecule has 0 bridgehead atoms. The first-order chi connectivity index (χ1) is 9.25. The van der Waals surface area contributed by atoms with Crippen LogP contribution in [-0.4, -0.2) is 51.4 Å². The van der Waals surface area contributed by atoms with Gasteiger partial charge in [-0.15, -0.1) is 0 Å². The minimum absolute atomic E-state index is 0.194. The summed E-state index contributed by atoms with van der Waals surface area (Å²) in [6, 6.07) is 6.61. The summed E-state index contributed by atoms with van der Waals surface area (Å²) in [7, 11) is 0.314. The van der Waals surface area contributed by atoms with Crippen molar-refractivity contribution in [3.8, 4) is 0 Å². The maximum absolute atomic E-state index is 12.7. The molecule has 1 rings (SSSR count). The second-order valence-corrected chi connectivity index (χ2v) is 7.50. The molecule has 0 aromatic heterocycles. The molecule has 1 aromatic rings. The highest BCUT2D eigenvalue weighted by atomic mass is 32.2. The van der Waals surface area contributed by atoms with E-state index in [4.69, 9.17) is 5.73 Å². The predicted molar refractivity (Wildman–Crippen MR) is 83.0 cm³/mol. The van der Waals surface area contributed by atoms with Crippen LogP contribution in [0.1, 0.15) is 13.8 Å². The van der Waals surface area contributed by atoms with Crippen molar-refractivity contribution < 1.29 is 8.42 Å². The van der Waals surface area contributed by atoms with Crippen molar-refractivity contribution in [2.45, 2.75) is 18.7 Å². The summed E-state index contributed by atoms with van der Waals surface area (Å²) in [6.07, 6.45) is 0. The van der Waals surface area contributed by atoms with Crippen LogP contribution < -0.4 is 5.73 Å². The van der Waals surface area contributed by atoms with Crippen LogP contribution in [0.2, 0.25) is 0 Å². The Kier molecular flexibility index (Phi) is 5.98. The number of sulfonamides is 1. The van der Waals surface area contributed by atoms with E-state index in [-0.39, 0.29) is 10.8 Å². The van der Waals surface area contributed by atoms with E-state index in [0.29, 0.717) is 25.3 Å². The van der Waals surface area contributed by atoms with Gasteiger partial charge in [0.2, 0.25) is 10.0 Å². The van der Waals surface area contributed by atoms with Gasteiger partial charge in [-0.2, -0.15) is 4.31 Å². The highest BCUT2D eigenvalue weighted by Gasteiger charge is 2.26. The van der Waals surface area contributed by atoms with E-state index in [9.17, 15) is 8.42 Å². The van der Waals surface area contributed by atoms with Gasteiger partial charge in [-0.1, -0.05) is 26.0 Å². The summed E-state index contributed by atoms with van der Waals surface area (Å²) in [6.45, 7) is 5.64. The molecule has 0 amide bonds. The molecule has 6 heteroatoms. The van der Waals surface area contributed by atoms with E-state index < -0.39 is 10.0 Å². The van der Waals surface area contributed by atoms with Gasteiger partial charge in [0.15, 0.2) is 0 Å². The van der Waals surface area contributed by atoms with E-state index in [0.717, 1.165) is 0 Å². The molecular weight excluding hydrogens is 274 g/mol. The largest absolute Gasteiger partial charge is 0.398 e. The van der Waals surface area contributed by atoms with Crippen molar-refractivity contribution in [3.05, 3.63) is 24.3 Å². The fourth-order valence-electron chi connectivity index (χ4n) is 1.88. The molecule has 0 aliphatic carbocycles. The lowest BCUT2D eigenvalue weighted by atomic mass is 10.2. The van der Waals surface area contributed by atoms with Crippen molar-refractivity contribution in [3.63, 3.8) is 0 Å². The van der Waals surface area contributed by atoms with Gasteiger partial charge in [-0.25, -0.2) is 8.42 Å². The standard InChI is InChI=1S/C14H25N3O2S/c1-12(2)11-17(10-9-16(3)4)20(18,19)14-8-6-5-7-13(14)15/h5-8,12H,9-11,15H2,1-4H3. The molecule has 0 saturated heterocycles. The molecule has 20 heavy (non-hydrogen) atoms. The van der Waals surface area contributed by atoms with Crippen LogP contribution in [0.3, 0.4) is 0 Å². The molecule has 0 radical (unpaired) electrons. The first kappa shape index (κ1) is 16.9. The number of rotatable bonds is 7. The second kappa shape index (κ2) is 7.06. The molecule has 5 nitrogen and oxygen atoms in total. The van der Waals surface area contributed by atoms with Crippen molar-refractivity contribution >= 4 is 15.7 Å². The van der Waals surface area contributed by atoms with Gasteiger partial charge in [0.25, 0.3) is 0 Å². The van der Waals surface area contributed by atoms with Crippen molar-refractivity contribution in [1.82, 2.24) is 9.21 Å². The zero-order valence-electron chi connectivity index (χ0n) is 12.7. The highest BCUT2D eigenvalue weighted by Crippen LogP contribution is 2.22. The molecule has 0 unspecified atom stereocenters. The summed E-state index contributed by atoms with van der Waals surface area (Å²) >= 11 is 0. The van der Waals surface area contributed by atoms with Crippen molar-refractivity contribution in [2.75, 3.05) is 39.5 Å². The van der Waals surface area contributed by atoms with Crippen molar-refractivity contribution in [1.29, 1.82) is 0 Å². The lowest BCUT2D eigenvalue weighted by molar-refractivity contribution is 0.313. The quantitative estimate of drug-likeness (QED) is 0.774. The Bertz CT molecular complexity index is 527. The van der Waals surface area contributed by atoms with E-state index in [1.807, 2.05) is 32.8 Å². The summed E-state index contributed by atoms with van der Waals surface area (Å²) in [5.41, 5.74) is 6.11. The lowest BCUT2D eigenvalue weighted by Gasteiger charge is -2.26. The molecule has 0 heterocycles. The number of nitrogens with zero attached hydrogens (tertiary/aromatic N) is 2. The van der Waals surface area contributed by atoms with Gasteiger partial charge in [0, 0.05) is 19.6 Å². The van der Waals surface area contributed by atoms with Gasteiger partial charge < -0.3 is 10.6 Å². The molecule has 2 N–H and O–H groups in total. The first-order valence-electron chi connectivity index (χ1n) is 6.74. The van der Waals surface area contributed by atoms with Gasteiger partial charge in [0.1, 0.15) is 4.90 Å². The Morgan fingerprint density at radius 2 is 1.75 bits per heavy atom. The third-order valence-corrected chi connectivity index (χ3v) is 4.84. The molecular formula is C14H25N3O2S. The topological polar surface area (TPSA) is 66.6 Å². The molecule has 0 aliphatic heterocycles. The van der Waals surface area contributed by atoms with Crippen LogP contribution >= 0.6 is 0 Å². The SMILES string of the molecule is CC(C)CN(CCN(C)C)S(=O)(=O)c1ccccc1N. The average Bonchev–Trinajstić information content (AvgIpc) is 2.34.